The fourth-order valence-electron chi connectivity index (χ4n) is 2.83. The lowest BCUT2D eigenvalue weighted by molar-refractivity contribution is -0.117. The van der Waals surface area contributed by atoms with E-state index in [0.29, 0.717) is 17.4 Å². The Morgan fingerprint density at radius 2 is 2.13 bits per heavy atom. The van der Waals surface area contributed by atoms with Crippen molar-refractivity contribution in [2.45, 2.75) is 44.7 Å². The lowest BCUT2D eigenvalue weighted by Gasteiger charge is -2.17. The van der Waals surface area contributed by atoms with E-state index in [9.17, 15) is 9.59 Å². The number of furan rings is 1. The van der Waals surface area contributed by atoms with Gasteiger partial charge in [-0.3, -0.25) is 9.59 Å². The number of hydrogen-bond donors (Lipinski definition) is 2. The molecule has 1 fully saturated rings. The van der Waals surface area contributed by atoms with E-state index >= 15 is 0 Å². The molecule has 0 unspecified atom stereocenters. The number of carbonyl (C=O) groups is 2. The van der Waals surface area contributed by atoms with Crippen LogP contribution in [0.4, 0.5) is 5.82 Å². The molecule has 2 aromatic heterocycles. The molecule has 2 aromatic rings. The number of aromatic nitrogens is 2. The van der Waals surface area contributed by atoms with Gasteiger partial charge in [-0.05, 0) is 25.8 Å². The monoisotopic (exact) mass is 316 g/mol. The zero-order valence-corrected chi connectivity index (χ0v) is 13.0. The first-order valence-electron chi connectivity index (χ1n) is 7.82. The summed E-state index contributed by atoms with van der Waals surface area (Å²) in [6.45, 7) is 1.64. The molecule has 122 valence electrons. The first-order chi connectivity index (χ1) is 11.1. The molecule has 0 radical (unpaired) electrons. The van der Waals surface area contributed by atoms with Gasteiger partial charge in [0, 0.05) is 6.07 Å². The van der Waals surface area contributed by atoms with Crippen LogP contribution in [-0.4, -0.2) is 27.6 Å². The zero-order valence-electron chi connectivity index (χ0n) is 13.0. The average molecular weight is 316 g/mol. The summed E-state index contributed by atoms with van der Waals surface area (Å²) in [4.78, 5) is 24.2. The van der Waals surface area contributed by atoms with Crippen molar-refractivity contribution in [3.63, 3.8) is 0 Å². The maximum absolute atomic E-state index is 12.3. The van der Waals surface area contributed by atoms with Gasteiger partial charge in [0.15, 0.2) is 0 Å². The van der Waals surface area contributed by atoms with E-state index < -0.39 is 6.04 Å². The predicted molar refractivity (Wildman–Crippen MR) is 84.0 cm³/mol. The molecule has 2 heterocycles. The van der Waals surface area contributed by atoms with Crippen molar-refractivity contribution in [3.05, 3.63) is 36.4 Å². The van der Waals surface area contributed by atoms with E-state index in [0.717, 1.165) is 12.8 Å². The molecule has 0 bridgehead atoms. The second kappa shape index (κ2) is 6.68. The van der Waals surface area contributed by atoms with Crippen LogP contribution >= 0.6 is 0 Å². The summed E-state index contributed by atoms with van der Waals surface area (Å²) in [5, 5.41) is 9.80. The van der Waals surface area contributed by atoms with Crippen LogP contribution in [-0.2, 0) is 4.79 Å². The zero-order chi connectivity index (χ0) is 16.2. The van der Waals surface area contributed by atoms with E-state index in [2.05, 4.69) is 15.7 Å². The largest absolute Gasteiger partial charge is 0.472 e. The first kappa shape index (κ1) is 15.3. The Morgan fingerprint density at radius 3 is 2.83 bits per heavy atom. The van der Waals surface area contributed by atoms with Gasteiger partial charge in [-0.15, -0.1) is 0 Å². The molecule has 7 nitrogen and oxygen atoms in total. The lowest BCUT2D eigenvalue weighted by atomic mass is 10.2. The number of nitrogens with one attached hydrogen (secondary N) is 2. The van der Waals surface area contributed by atoms with E-state index in [1.807, 2.05) is 4.68 Å². The van der Waals surface area contributed by atoms with E-state index in [1.165, 1.54) is 25.4 Å². The number of amides is 2. The predicted octanol–water partition coefficient (Wildman–Crippen LogP) is 2.35. The molecular weight excluding hydrogens is 296 g/mol. The third-order valence-electron chi connectivity index (χ3n) is 4.12. The molecule has 3 rings (SSSR count). The Bertz CT molecular complexity index is 671. The third-order valence-corrected chi connectivity index (χ3v) is 4.12. The Hall–Kier alpha value is -2.57. The molecule has 1 aliphatic rings. The van der Waals surface area contributed by atoms with Crippen molar-refractivity contribution in [2.75, 3.05) is 5.32 Å². The van der Waals surface area contributed by atoms with Gasteiger partial charge < -0.3 is 15.1 Å². The van der Waals surface area contributed by atoms with Gasteiger partial charge in [0.1, 0.15) is 18.1 Å². The summed E-state index contributed by atoms with van der Waals surface area (Å²) in [6.07, 6.45) is 8.98. The third kappa shape index (κ3) is 3.44. The summed E-state index contributed by atoms with van der Waals surface area (Å²) in [5.41, 5.74) is 0.389. The normalized spacial score (nSPS) is 16.2. The minimum atomic E-state index is -0.663. The van der Waals surface area contributed by atoms with E-state index in [1.54, 1.807) is 25.3 Å². The first-order valence-corrected chi connectivity index (χ1v) is 7.82. The van der Waals surface area contributed by atoms with Crippen LogP contribution in [0.3, 0.4) is 0 Å². The number of nitrogens with zero attached hydrogens (tertiary/aromatic N) is 2. The number of anilines is 1. The van der Waals surface area contributed by atoms with Crippen LogP contribution in [0.25, 0.3) is 0 Å². The van der Waals surface area contributed by atoms with Crippen LogP contribution in [0.5, 0.6) is 0 Å². The van der Waals surface area contributed by atoms with Gasteiger partial charge in [0.05, 0.1) is 24.1 Å². The Morgan fingerprint density at radius 1 is 1.35 bits per heavy atom. The van der Waals surface area contributed by atoms with Gasteiger partial charge >= 0.3 is 0 Å². The Balaban J connectivity index is 1.60. The van der Waals surface area contributed by atoms with Gasteiger partial charge in [-0.25, -0.2) is 4.68 Å². The van der Waals surface area contributed by atoms with Crippen molar-refractivity contribution < 1.29 is 14.0 Å². The van der Waals surface area contributed by atoms with Gasteiger partial charge in [0.2, 0.25) is 5.91 Å². The maximum Gasteiger partial charge on any atom is 0.255 e. The fourth-order valence-corrected chi connectivity index (χ4v) is 2.83. The Labute approximate surface area is 134 Å². The molecule has 7 heteroatoms. The van der Waals surface area contributed by atoms with Crippen LogP contribution in [0, 0.1) is 0 Å². The highest BCUT2D eigenvalue weighted by Crippen LogP contribution is 2.31. The van der Waals surface area contributed by atoms with E-state index in [4.69, 9.17) is 4.42 Å². The summed E-state index contributed by atoms with van der Waals surface area (Å²) in [6, 6.07) is 3.01. The minimum Gasteiger partial charge on any atom is -0.472 e. The lowest BCUT2D eigenvalue weighted by Crippen LogP contribution is -2.41. The molecule has 0 saturated heterocycles. The van der Waals surface area contributed by atoms with Crippen LogP contribution in [0.1, 0.15) is 49.0 Å². The SMILES string of the molecule is C[C@@H](NC(=O)c1ccoc1)C(=O)Nc1ccnn1C1CCCC1. The summed E-state index contributed by atoms with van der Waals surface area (Å²) >= 11 is 0. The van der Waals surface area contributed by atoms with Gasteiger partial charge in [0.25, 0.3) is 5.91 Å². The van der Waals surface area contributed by atoms with Crippen LogP contribution in [0.2, 0.25) is 0 Å². The second-order valence-corrected chi connectivity index (χ2v) is 5.80. The molecule has 0 aromatic carbocycles. The molecule has 1 atom stereocenters. The van der Waals surface area contributed by atoms with E-state index in [-0.39, 0.29) is 11.8 Å². The molecule has 0 spiro atoms. The van der Waals surface area contributed by atoms with Gasteiger partial charge in [-0.1, -0.05) is 12.8 Å². The summed E-state index contributed by atoms with van der Waals surface area (Å²) in [7, 11) is 0. The minimum absolute atomic E-state index is 0.276. The molecular formula is C16H20N4O3. The topological polar surface area (TPSA) is 89.2 Å². The Kier molecular flexibility index (Phi) is 4.45. The number of rotatable bonds is 5. The van der Waals surface area contributed by atoms with Crippen molar-refractivity contribution in [2.24, 2.45) is 0 Å². The van der Waals surface area contributed by atoms with Crippen molar-refractivity contribution in [1.82, 2.24) is 15.1 Å². The molecule has 2 amide bonds. The van der Waals surface area contributed by atoms with Crippen molar-refractivity contribution >= 4 is 17.6 Å². The highest BCUT2D eigenvalue weighted by Gasteiger charge is 2.22. The van der Waals surface area contributed by atoms with Gasteiger partial charge in [-0.2, -0.15) is 5.10 Å². The van der Waals surface area contributed by atoms with Crippen LogP contribution < -0.4 is 10.6 Å². The highest BCUT2D eigenvalue weighted by molar-refractivity contribution is 6.00. The molecule has 0 aliphatic heterocycles. The van der Waals surface area contributed by atoms with Crippen LogP contribution in [0.15, 0.2) is 35.3 Å². The number of carbonyl (C=O) groups excluding carboxylic acids is 2. The fraction of sp³-hybridized carbons (Fsp3) is 0.438. The highest BCUT2D eigenvalue weighted by atomic mass is 16.3. The second-order valence-electron chi connectivity index (χ2n) is 5.80. The smallest absolute Gasteiger partial charge is 0.255 e. The van der Waals surface area contributed by atoms with Crippen molar-refractivity contribution in [3.8, 4) is 0 Å². The molecule has 23 heavy (non-hydrogen) atoms. The average Bonchev–Trinajstić information content (AvgIpc) is 3.28. The quantitative estimate of drug-likeness (QED) is 0.886. The van der Waals surface area contributed by atoms with Crippen molar-refractivity contribution in [1.29, 1.82) is 0 Å². The standard InChI is InChI=1S/C16H20N4O3/c1-11(18-16(22)12-7-9-23-10-12)15(21)19-14-6-8-17-20(14)13-4-2-3-5-13/h6-11,13H,2-5H2,1H3,(H,18,22)(H,19,21)/t11-/m1/s1. The maximum atomic E-state index is 12.3. The molecule has 1 saturated carbocycles. The number of hydrogen-bond acceptors (Lipinski definition) is 4. The molecule has 1 aliphatic carbocycles. The summed E-state index contributed by atoms with van der Waals surface area (Å²) in [5.74, 6) is 0.0543. The summed E-state index contributed by atoms with van der Waals surface area (Å²) < 4.78 is 6.73. The molecule has 2 N–H and O–H groups in total.